The van der Waals surface area contributed by atoms with Crippen molar-refractivity contribution in [1.29, 1.82) is 0 Å². The quantitative estimate of drug-likeness (QED) is 0.512. The first-order chi connectivity index (χ1) is 14.0. The summed E-state index contributed by atoms with van der Waals surface area (Å²) in [6.45, 7) is 4.11. The van der Waals surface area contributed by atoms with E-state index in [1.807, 2.05) is 18.2 Å². The molecular formula is C22H21ClN2O4. The average Bonchev–Trinajstić information content (AvgIpc) is 3.16. The summed E-state index contributed by atoms with van der Waals surface area (Å²) in [5.41, 5.74) is 1.40. The van der Waals surface area contributed by atoms with E-state index in [2.05, 4.69) is 6.58 Å². The number of hydrogen-bond acceptors (Lipinski definition) is 4. The third kappa shape index (κ3) is 4.84. The van der Waals surface area contributed by atoms with Gasteiger partial charge in [-0.15, -0.1) is 6.58 Å². The SMILES string of the molecule is C=CCN(C(=O)COC(=O)c1ccc(Cl)c(N2CCCC2=O)c1)c1ccccc1. The first-order valence-corrected chi connectivity index (χ1v) is 9.62. The molecule has 2 amide bonds. The maximum atomic E-state index is 12.6. The van der Waals surface area contributed by atoms with Crippen LogP contribution in [0.3, 0.4) is 0 Å². The van der Waals surface area contributed by atoms with Crippen LogP contribution in [0.2, 0.25) is 5.02 Å². The summed E-state index contributed by atoms with van der Waals surface area (Å²) in [5, 5.41) is 0.383. The van der Waals surface area contributed by atoms with Crippen LogP contribution in [0.15, 0.2) is 61.2 Å². The number of amides is 2. The van der Waals surface area contributed by atoms with Gasteiger partial charge in [0.25, 0.3) is 5.91 Å². The molecule has 0 radical (unpaired) electrons. The Morgan fingerprint density at radius 3 is 2.62 bits per heavy atom. The van der Waals surface area contributed by atoms with Crippen molar-refractivity contribution >= 4 is 40.8 Å². The lowest BCUT2D eigenvalue weighted by Gasteiger charge is -2.21. The molecule has 1 fully saturated rings. The second-order valence-corrected chi connectivity index (χ2v) is 6.93. The molecule has 0 saturated carbocycles. The molecule has 6 nitrogen and oxygen atoms in total. The molecule has 0 aliphatic carbocycles. The highest BCUT2D eigenvalue weighted by molar-refractivity contribution is 6.34. The second kappa shape index (κ2) is 9.39. The van der Waals surface area contributed by atoms with E-state index >= 15 is 0 Å². The van der Waals surface area contributed by atoms with E-state index in [-0.39, 0.29) is 17.4 Å². The lowest BCUT2D eigenvalue weighted by atomic mass is 10.2. The number of anilines is 2. The summed E-state index contributed by atoms with van der Waals surface area (Å²) in [5.74, 6) is -1.06. The maximum absolute atomic E-state index is 12.6. The third-order valence-electron chi connectivity index (χ3n) is 4.55. The molecule has 0 bridgehead atoms. The molecule has 0 N–H and O–H groups in total. The maximum Gasteiger partial charge on any atom is 0.338 e. The number of ether oxygens (including phenoxy) is 1. The summed E-state index contributed by atoms with van der Waals surface area (Å²) >= 11 is 6.20. The van der Waals surface area contributed by atoms with Crippen molar-refractivity contribution in [3.05, 3.63) is 71.8 Å². The van der Waals surface area contributed by atoms with Gasteiger partial charge in [-0.3, -0.25) is 9.59 Å². The van der Waals surface area contributed by atoms with Gasteiger partial charge in [0.1, 0.15) is 0 Å². The van der Waals surface area contributed by atoms with Crippen molar-refractivity contribution in [2.45, 2.75) is 12.8 Å². The molecular weight excluding hydrogens is 392 g/mol. The lowest BCUT2D eigenvalue weighted by Crippen LogP contribution is -2.34. The molecule has 0 aromatic heterocycles. The number of hydrogen-bond donors (Lipinski definition) is 0. The van der Waals surface area contributed by atoms with Gasteiger partial charge in [-0.1, -0.05) is 35.9 Å². The van der Waals surface area contributed by atoms with Crippen molar-refractivity contribution in [3.63, 3.8) is 0 Å². The molecule has 2 aromatic carbocycles. The minimum absolute atomic E-state index is 0.0319. The van der Waals surface area contributed by atoms with Gasteiger partial charge in [-0.2, -0.15) is 0 Å². The van der Waals surface area contributed by atoms with E-state index in [0.717, 1.165) is 6.42 Å². The van der Waals surface area contributed by atoms with Gasteiger partial charge in [-0.05, 0) is 36.8 Å². The van der Waals surface area contributed by atoms with Crippen LogP contribution in [0.1, 0.15) is 23.2 Å². The summed E-state index contributed by atoms with van der Waals surface area (Å²) in [7, 11) is 0. The van der Waals surface area contributed by atoms with Gasteiger partial charge in [0.05, 0.1) is 16.3 Å². The van der Waals surface area contributed by atoms with Gasteiger partial charge in [0, 0.05) is 25.2 Å². The Morgan fingerprint density at radius 1 is 1.21 bits per heavy atom. The van der Waals surface area contributed by atoms with Crippen molar-refractivity contribution in [3.8, 4) is 0 Å². The fraction of sp³-hybridized carbons (Fsp3) is 0.227. The topological polar surface area (TPSA) is 66.9 Å². The molecule has 7 heteroatoms. The van der Waals surface area contributed by atoms with Crippen LogP contribution >= 0.6 is 11.6 Å². The Bertz CT molecular complexity index is 930. The lowest BCUT2D eigenvalue weighted by molar-refractivity contribution is -0.121. The Balaban J connectivity index is 1.69. The number of carbonyl (C=O) groups is 3. The molecule has 0 unspecified atom stereocenters. The normalized spacial score (nSPS) is 13.3. The van der Waals surface area contributed by atoms with Crippen molar-refractivity contribution < 1.29 is 19.1 Å². The zero-order valence-electron chi connectivity index (χ0n) is 15.8. The number of halogens is 1. The second-order valence-electron chi connectivity index (χ2n) is 6.52. The van der Waals surface area contributed by atoms with Crippen LogP contribution in [0.25, 0.3) is 0 Å². The average molecular weight is 413 g/mol. The minimum atomic E-state index is -0.658. The zero-order chi connectivity index (χ0) is 20.8. The summed E-state index contributed by atoms with van der Waals surface area (Å²) in [4.78, 5) is 40.1. The van der Waals surface area contributed by atoms with Gasteiger partial charge >= 0.3 is 5.97 Å². The van der Waals surface area contributed by atoms with E-state index < -0.39 is 12.6 Å². The number of para-hydroxylation sites is 1. The van der Waals surface area contributed by atoms with Crippen LogP contribution in [0.4, 0.5) is 11.4 Å². The molecule has 0 spiro atoms. The van der Waals surface area contributed by atoms with E-state index in [1.54, 1.807) is 29.2 Å². The number of carbonyl (C=O) groups excluding carboxylic acids is 3. The molecule has 29 heavy (non-hydrogen) atoms. The van der Waals surface area contributed by atoms with Gasteiger partial charge in [0.2, 0.25) is 5.91 Å². The van der Waals surface area contributed by atoms with E-state index in [0.29, 0.717) is 35.9 Å². The van der Waals surface area contributed by atoms with E-state index in [9.17, 15) is 14.4 Å². The number of rotatable bonds is 7. The molecule has 1 aliphatic heterocycles. The smallest absolute Gasteiger partial charge is 0.338 e. The zero-order valence-corrected chi connectivity index (χ0v) is 16.6. The summed E-state index contributed by atoms with van der Waals surface area (Å²) in [6, 6.07) is 13.7. The number of nitrogens with zero attached hydrogens (tertiary/aromatic N) is 2. The minimum Gasteiger partial charge on any atom is -0.452 e. The highest BCUT2D eigenvalue weighted by Crippen LogP contribution is 2.30. The predicted octanol–water partition coefficient (Wildman–Crippen LogP) is 3.84. The Kier molecular flexibility index (Phi) is 6.67. The van der Waals surface area contributed by atoms with Crippen molar-refractivity contribution in [1.82, 2.24) is 0 Å². The molecule has 0 atom stereocenters. The van der Waals surface area contributed by atoms with Crippen LogP contribution in [-0.2, 0) is 14.3 Å². The van der Waals surface area contributed by atoms with Gasteiger partial charge in [0.15, 0.2) is 6.61 Å². The molecule has 3 rings (SSSR count). The Morgan fingerprint density at radius 2 is 1.97 bits per heavy atom. The fourth-order valence-corrected chi connectivity index (χ4v) is 3.35. The first kappa shape index (κ1) is 20.6. The van der Waals surface area contributed by atoms with Crippen molar-refractivity contribution in [2.75, 3.05) is 29.5 Å². The number of esters is 1. The fourth-order valence-electron chi connectivity index (χ4n) is 3.13. The van der Waals surface area contributed by atoms with Crippen LogP contribution in [0.5, 0.6) is 0 Å². The highest BCUT2D eigenvalue weighted by atomic mass is 35.5. The van der Waals surface area contributed by atoms with Gasteiger partial charge < -0.3 is 14.5 Å². The standard InChI is InChI=1S/C22H21ClN2O4/c1-2-12-24(17-7-4-3-5-8-17)21(27)15-29-22(28)16-10-11-18(23)19(14-16)25-13-6-9-20(25)26/h2-5,7-8,10-11,14H,1,6,9,12-13,15H2. The molecule has 1 saturated heterocycles. The van der Waals surface area contributed by atoms with Crippen LogP contribution in [-0.4, -0.2) is 37.5 Å². The predicted molar refractivity (Wildman–Crippen MR) is 112 cm³/mol. The number of benzene rings is 2. The van der Waals surface area contributed by atoms with Crippen LogP contribution < -0.4 is 9.80 Å². The Hall–Kier alpha value is -3.12. The van der Waals surface area contributed by atoms with E-state index in [4.69, 9.17) is 16.3 Å². The van der Waals surface area contributed by atoms with Gasteiger partial charge in [-0.25, -0.2) is 4.79 Å². The highest BCUT2D eigenvalue weighted by Gasteiger charge is 2.25. The van der Waals surface area contributed by atoms with E-state index in [1.165, 1.54) is 17.0 Å². The van der Waals surface area contributed by atoms with Crippen LogP contribution in [0, 0.1) is 0 Å². The largest absolute Gasteiger partial charge is 0.452 e. The van der Waals surface area contributed by atoms with Crippen molar-refractivity contribution in [2.24, 2.45) is 0 Å². The summed E-state index contributed by atoms with van der Waals surface area (Å²) in [6.07, 6.45) is 2.81. The summed E-state index contributed by atoms with van der Waals surface area (Å²) < 4.78 is 5.21. The molecule has 2 aromatic rings. The molecule has 150 valence electrons. The first-order valence-electron chi connectivity index (χ1n) is 9.24. The monoisotopic (exact) mass is 412 g/mol. The third-order valence-corrected chi connectivity index (χ3v) is 4.87. The molecule has 1 aliphatic rings. The molecule has 1 heterocycles. The Labute approximate surface area is 174 Å².